The maximum absolute atomic E-state index is 12.4. The zero-order valence-electron chi connectivity index (χ0n) is 19.7. The second kappa shape index (κ2) is 12.2. The number of benzene rings is 1. The summed E-state index contributed by atoms with van der Waals surface area (Å²) in [4.78, 5) is 41.0. The Hall–Kier alpha value is -4.60. The van der Waals surface area contributed by atoms with Crippen LogP contribution >= 0.6 is 0 Å². The first kappa shape index (κ1) is 24.5. The van der Waals surface area contributed by atoms with Gasteiger partial charge < -0.3 is 15.2 Å². The summed E-state index contributed by atoms with van der Waals surface area (Å²) in [5.74, 6) is -0.481. The standard InChI is InChI=1S/C26H27N7O3/c34-24(16-20-8-2-1-3-9-20)29-21-11-15-32(25(35)17-21)13-6-7-14-33-19-23(30-31-33)26(36)28-18-22-10-4-5-12-27-22/h1-5,8-12,15,17,19H,6-7,13-14,16,18H2,(H,28,36)(H,29,34). The van der Waals surface area contributed by atoms with Gasteiger partial charge in [0, 0.05) is 37.2 Å². The molecule has 0 atom stereocenters. The second-order valence-corrected chi connectivity index (χ2v) is 8.24. The van der Waals surface area contributed by atoms with E-state index in [2.05, 4.69) is 25.9 Å². The van der Waals surface area contributed by atoms with Crippen LogP contribution in [0.15, 0.2) is 84.0 Å². The highest BCUT2D eigenvalue weighted by molar-refractivity contribution is 5.92. The summed E-state index contributed by atoms with van der Waals surface area (Å²) in [5, 5.41) is 13.5. The van der Waals surface area contributed by atoms with Crippen LogP contribution in [0.4, 0.5) is 5.69 Å². The molecule has 0 aliphatic heterocycles. The molecule has 36 heavy (non-hydrogen) atoms. The molecule has 0 aliphatic carbocycles. The number of carbonyl (C=O) groups is 2. The summed E-state index contributed by atoms with van der Waals surface area (Å²) in [7, 11) is 0. The summed E-state index contributed by atoms with van der Waals surface area (Å²) in [6.45, 7) is 1.42. The number of rotatable bonds is 11. The number of hydrogen-bond donors (Lipinski definition) is 2. The molecule has 0 aliphatic rings. The molecule has 2 amide bonds. The molecule has 0 saturated heterocycles. The normalized spacial score (nSPS) is 10.7. The van der Waals surface area contributed by atoms with Gasteiger partial charge in [0.15, 0.2) is 5.69 Å². The van der Waals surface area contributed by atoms with Crippen molar-refractivity contribution >= 4 is 17.5 Å². The van der Waals surface area contributed by atoms with Crippen LogP contribution in [0.1, 0.15) is 34.6 Å². The van der Waals surface area contributed by atoms with E-state index in [4.69, 9.17) is 0 Å². The van der Waals surface area contributed by atoms with Crippen LogP contribution in [0.2, 0.25) is 0 Å². The smallest absolute Gasteiger partial charge is 0.273 e. The van der Waals surface area contributed by atoms with Crippen LogP contribution in [0, 0.1) is 0 Å². The molecule has 3 aromatic heterocycles. The fourth-order valence-electron chi connectivity index (χ4n) is 3.59. The molecule has 10 nitrogen and oxygen atoms in total. The van der Waals surface area contributed by atoms with Crippen molar-refractivity contribution in [3.05, 3.63) is 107 Å². The molecule has 10 heteroatoms. The molecule has 0 spiro atoms. The second-order valence-electron chi connectivity index (χ2n) is 8.24. The quantitative estimate of drug-likeness (QED) is 0.315. The zero-order valence-corrected chi connectivity index (χ0v) is 19.7. The van der Waals surface area contributed by atoms with Gasteiger partial charge in [0.25, 0.3) is 11.5 Å². The molecule has 3 heterocycles. The van der Waals surface area contributed by atoms with Gasteiger partial charge in [-0.2, -0.15) is 0 Å². The lowest BCUT2D eigenvalue weighted by molar-refractivity contribution is -0.115. The highest BCUT2D eigenvalue weighted by atomic mass is 16.2. The summed E-state index contributed by atoms with van der Waals surface area (Å²) in [6, 6.07) is 18.1. The van der Waals surface area contributed by atoms with E-state index < -0.39 is 0 Å². The predicted molar refractivity (Wildman–Crippen MR) is 134 cm³/mol. The molecular weight excluding hydrogens is 458 g/mol. The Morgan fingerprint density at radius 1 is 0.944 bits per heavy atom. The number of nitrogens with one attached hydrogen (secondary N) is 2. The van der Waals surface area contributed by atoms with E-state index in [0.717, 1.165) is 24.1 Å². The van der Waals surface area contributed by atoms with E-state index >= 15 is 0 Å². The van der Waals surface area contributed by atoms with Crippen molar-refractivity contribution in [2.45, 2.75) is 38.9 Å². The SMILES string of the molecule is O=C(Cc1ccccc1)Nc1ccn(CCCCn2cc(C(=O)NCc3ccccn3)nn2)c(=O)c1. The van der Waals surface area contributed by atoms with Crippen LogP contribution in [0.3, 0.4) is 0 Å². The number of aromatic nitrogens is 5. The molecule has 4 rings (SSSR count). The highest BCUT2D eigenvalue weighted by Crippen LogP contribution is 2.07. The number of amides is 2. The average Bonchev–Trinajstić information content (AvgIpc) is 3.36. The Kier molecular flexibility index (Phi) is 8.31. The molecule has 0 radical (unpaired) electrons. The third-order valence-electron chi connectivity index (χ3n) is 5.45. The number of nitrogens with zero attached hydrogens (tertiary/aromatic N) is 5. The van der Waals surface area contributed by atoms with Gasteiger partial charge in [0.1, 0.15) is 0 Å². The van der Waals surface area contributed by atoms with Crippen molar-refractivity contribution in [3.8, 4) is 0 Å². The number of anilines is 1. The van der Waals surface area contributed by atoms with Gasteiger partial charge in [-0.25, -0.2) is 0 Å². The summed E-state index contributed by atoms with van der Waals surface area (Å²) in [5.41, 5.74) is 2.21. The van der Waals surface area contributed by atoms with Crippen LogP contribution in [-0.2, 0) is 30.8 Å². The van der Waals surface area contributed by atoms with Gasteiger partial charge in [0.05, 0.1) is 24.9 Å². The van der Waals surface area contributed by atoms with Crippen LogP contribution < -0.4 is 16.2 Å². The number of hydrogen-bond acceptors (Lipinski definition) is 6. The molecule has 0 bridgehead atoms. The minimum atomic E-state index is -0.311. The lowest BCUT2D eigenvalue weighted by Crippen LogP contribution is -2.23. The first-order valence-corrected chi connectivity index (χ1v) is 11.7. The monoisotopic (exact) mass is 485 g/mol. The van der Waals surface area contributed by atoms with Crippen molar-refractivity contribution in [3.63, 3.8) is 0 Å². The van der Waals surface area contributed by atoms with Gasteiger partial charge >= 0.3 is 0 Å². The fraction of sp³-hybridized carbons (Fsp3) is 0.231. The number of unbranched alkanes of at least 4 members (excludes halogenated alkanes) is 1. The predicted octanol–water partition coefficient (Wildman–Crippen LogP) is 2.43. The van der Waals surface area contributed by atoms with Crippen LogP contribution in [-0.4, -0.2) is 36.4 Å². The topological polar surface area (TPSA) is 124 Å². The zero-order chi connectivity index (χ0) is 25.2. The van der Waals surface area contributed by atoms with Crippen molar-refractivity contribution in [2.24, 2.45) is 0 Å². The summed E-state index contributed by atoms with van der Waals surface area (Å²) < 4.78 is 3.22. The third kappa shape index (κ3) is 7.20. The van der Waals surface area contributed by atoms with E-state index in [0.29, 0.717) is 25.3 Å². The van der Waals surface area contributed by atoms with Gasteiger partial charge in [-0.15, -0.1) is 5.10 Å². The van der Waals surface area contributed by atoms with E-state index in [1.54, 1.807) is 33.9 Å². The third-order valence-corrected chi connectivity index (χ3v) is 5.45. The number of pyridine rings is 2. The van der Waals surface area contributed by atoms with E-state index in [1.165, 1.54) is 6.07 Å². The Balaban J connectivity index is 1.19. The Morgan fingerprint density at radius 2 is 1.75 bits per heavy atom. The van der Waals surface area contributed by atoms with Crippen molar-refractivity contribution in [1.29, 1.82) is 0 Å². The highest BCUT2D eigenvalue weighted by Gasteiger charge is 2.11. The maximum Gasteiger partial charge on any atom is 0.273 e. The number of aryl methyl sites for hydroxylation is 2. The lowest BCUT2D eigenvalue weighted by atomic mass is 10.1. The molecule has 0 unspecified atom stereocenters. The largest absolute Gasteiger partial charge is 0.345 e. The van der Waals surface area contributed by atoms with E-state index in [1.807, 2.05) is 48.5 Å². The van der Waals surface area contributed by atoms with Crippen molar-refractivity contribution in [2.75, 3.05) is 5.32 Å². The molecule has 0 fully saturated rings. The molecule has 0 saturated carbocycles. The van der Waals surface area contributed by atoms with Gasteiger partial charge in [-0.1, -0.05) is 41.6 Å². The fourth-order valence-corrected chi connectivity index (χ4v) is 3.59. The molecule has 184 valence electrons. The molecular formula is C26H27N7O3. The first-order valence-electron chi connectivity index (χ1n) is 11.7. The Bertz CT molecular complexity index is 1350. The Morgan fingerprint density at radius 3 is 2.53 bits per heavy atom. The summed E-state index contributed by atoms with van der Waals surface area (Å²) in [6.07, 6.45) is 6.69. The van der Waals surface area contributed by atoms with Crippen molar-refractivity contribution in [1.82, 2.24) is 29.9 Å². The van der Waals surface area contributed by atoms with Crippen LogP contribution in [0.25, 0.3) is 0 Å². The van der Waals surface area contributed by atoms with Crippen molar-refractivity contribution < 1.29 is 9.59 Å². The first-order chi connectivity index (χ1) is 17.6. The van der Waals surface area contributed by atoms with Crippen LogP contribution in [0.5, 0.6) is 0 Å². The van der Waals surface area contributed by atoms with Gasteiger partial charge in [-0.05, 0) is 36.6 Å². The van der Waals surface area contributed by atoms with Gasteiger partial charge in [-0.3, -0.25) is 24.0 Å². The van der Waals surface area contributed by atoms with E-state index in [-0.39, 0.29) is 29.5 Å². The minimum Gasteiger partial charge on any atom is -0.345 e. The molecule has 1 aromatic carbocycles. The summed E-state index contributed by atoms with van der Waals surface area (Å²) >= 11 is 0. The Labute approximate surface area is 208 Å². The molecule has 2 N–H and O–H groups in total. The lowest BCUT2D eigenvalue weighted by Gasteiger charge is -2.09. The maximum atomic E-state index is 12.4. The minimum absolute atomic E-state index is 0.170. The number of carbonyl (C=O) groups excluding carboxylic acids is 2. The average molecular weight is 486 g/mol. The van der Waals surface area contributed by atoms with Gasteiger partial charge in [0.2, 0.25) is 5.91 Å². The van der Waals surface area contributed by atoms with E-state index in [9.17, 15) is 14.4 Å². The molecule has 4 aromatic rings.